The zero-order valence-corrected chi connectivity index (χ0v) is 15.0. The van der Waals surface area contributed by atoms with Crippen LogP contribution in [0.5, 0.6) is 0 Å². The topological polar surface area (TPSA) is 61.8 Å². The second kappa shape index (κ2) is 8.38. The van der Waals surface area contributed by atoms with Crippen LogP contribution >= 0.6 is 15.9 Å². The van der Waals surface area contributed by atoms with Crippen molar-refractivity contribution in [1.29, 1.82) is 0 Å². The molecular formula is C14H22BrN3O2S. The highest BCUT2D eigenvalue weighted by Crippen LogP contribution is 2.17. The predicted octanol–water partition coefficient (Wildman–Crippen LogP) is 1.89. The zero-order chi connectivity index (χ0) is 15.9. The van der Waals surface area contributed by atoms with Crippen LogP contribution < -0.4 is 5.32 Å². The lowest BCUT2D eigenvalue weighted by Gasteiger charge is -2.22. The second-order valence-corrected chi connectivity index (χ2v) is 7.93. The van der Waals surface area contributed by atoms with Crippen LogP contribution in [0.15, 0.2) is 33.7 Å². The maximum atomic E-state index is 11.2. The number of guanidine groups is 1. The molecule has 0 saturated heterocycles. The number of rotatable bonds is 6. The van der Waals surface area contributed by atoms with Gasteiger partial charge in [-0.05, 0) is 18.6 Å². The zero-order valence-electron chi connectivity index (χ0n) is 12.6. The summed E-state index contributed by atoms with van der Waals surface area (Å²) in [6.07, 6.45) is 1.22. The van der Waals surface area contributed by atoms with Gasteiger partial charge in [0.1, 0.15) is 9.84 Å². The number of hydrogen-bond donors (Lipinski definition) is 1. The van der Waals surface area contributed by atoms with E-state index >= 15 is 0 Å². The van der Waals surface area contributed by atoms with Gasteiger partial charge in [0.15, 0.2) is 5.96 Å². The van der Waals surface area contributed by atoms with Crippen molar-refractivity contribution in [3.8, 4) is 0 Å². The molecule has 1 N–H and O–H groups in total. The molecule has 0 heterocycles. The van der Waals surface area contributed by atoms with Gasteiger partial charge in [-0.25, -0.2) is 8.42 Å². The van der Waals surface area contributed by atoms with Gasteiger partial charge in [0.05, 0.1) is 12.3 Å². The summed E-state index contributed by atoms with van der Waals surface area (Å²) in [5, 5.41) is 3.17. The Labute approximate surface area is 135 Å². The van der Waals surface area contributed by atoms with Crippen molar-refractivity contribution in [3.63, 3.8) is 0 Å². The number of benzene rings is 1. The highest BCUT2D eigenvalue weighted by molar-refractivity contribution is 9.10. The first kappa shape index (κ1) is 18.0. The molecule has 0 atom stereocenters. The van der Waals surface area contributed by atoms with Crippen LogP contribution in [0.1, 0.15) is 12.5 Å². The van der Waals surface area contributed by atoms with Crippen molar-refractivity contribution >= 4 is 31.7 Å². The van der Waals surface area contributed by atoms with Gasteiger partial charge in [-0.1, -0.05) is 34.1 Å². The van der Waals surface area contributed by atoms with E-state index in [2.05, 4.69) is 26.2 Å². The first-order chi connectivity index (χ1) is 9.83. The van der Waals surface area contributed by atoms with Gasteiger partial charge in [-0.15, -0.1) is 0 Å². The van der Waals surface area contributed by atoms with E-state index in [4.69, 9.17) is 0 Å². The molecule has 1 aromatic rings. The van der Waals surface area contributed by atoms with Crippen LogP contribution in [0.4, 0.5) is 0 Å². The standard InChI is InChI=1S/C14H22BrN3O2S/c1-4-16-14(17-9-10-21(3,19)20)18(2)11-12-7-5-6-8-13(12)15/h5-8H,4,9-11H2,1-3H3,(H,16,17). The Morgan fingerprint density at radius 3 is 2.62 bits per heavy atom. The van der Waals surface area contributed by atoms with E-state index in [1.807, 2.05) is 43.1 Å². The van der Waals surface area contributed by atoms with Crippen LogP contribution in [0.3, 0.4) is 0 Å². The van der Waals surface area contributed by atoms with Crippen LogP contribution in [0.25, 0.3) is 0 Å². The second-order valence-electron chi connectivity index (χ2n) is 4.81. The minimum Gasteiger partial charge on any atom is -0.357 e. The molecule has 0 amide bonds. The van der Waals surface area contributed by atoms with Gasteiger partial charge in [0.25, 0.3) is 0 Å². The maximum absolute atomic E-state index is 11.2. The van der Waals surface area contributed by atoms with Crippen molar-refractivity contribution in [3.05, 3.63) is 34.3 Å². The molecule has 0 aliphatic heterocycles. The lowest BCUT2D eigenvalue weighted by molar-refractivity contribution is 0.476. The Balaban J connectivity index is 2.75. The summed E-state index contributed by atoms with van der Waals surface area (Å²) < 4.78 is 23.4. The number of sulfone groups is 1. The number of halogens is 1. The summed E-state index contributed by atoms with van der Waals surface area (Å²) in [5.74, 6) is 0.766. The fraction of sp³-hybridized carbons (Fsp3) is 0.500. The third kappa shape index (κ3) is 6.95. The molecule has 7 heteroatoms. The van der Waals surface area contributed by atoms with Gasteiger partial charge in [0, 0.05) is 30.9 Å². The molecule has 0 bridgehead atoms. The van der Waals surface area contributed by atoms with E-state index in [0.29, 0.717) is 12.5 Å². The van der Waals surface area contributed by atoms with Gasteiger partial charge in [-0.2, -0.15) is 0 Å². The summed E-state index contributed by atoms with van der Waals surface area (Å²) in [6, 6.07) is 8.00. The third-order valence-corrected chi connectivity index (χ3v) is 4.48. The molecule has 0 aliphatic rings. The van der Waals surface area contributed by atoms with E-state index in [1.165, 1.54) is 6.26 Å². The van der Waals surface area contributed by atoms with Crippen molar-refractivity contribution in [2.75, 3.05) is 32.1 Å². The predicted molar refractivity (Wildman–Crippen MR) is 91.3 cm³/mol. The summed E-state index contributed by atoms with van der Waals surface area (Å²) in [4.78, 5) is 6.34. The van der Waals surface area contributed by atoms with Crippen LogP contribution in [0, 0.1) is 0 Å². The maximum Gasteiger partial charge on any atom is 0.193 e. The van der Waals surface area contributed by atoms with E-state index < -0.39 is 9.84 Å². The smallest absolute Gasteiger partial charge is 0.193 e. The summed E-state index contributed by atoms with van der Waals surface area (Å²) >= 11 is 3.53. The molecular weight excluding hydrogens is 354 g/mol. The Hall–Kier alpha value is -1.08. The first-order valence-corrected chi connectivity index (χ1v) is 9.59. The molecule has 0 fully saturated rings. The number of hydrogen-bond acceptors (Lipinski definition) is 3. The molecule has 5 nitrogen and oxygen atoms in total. The fourth-order valence-electron chi connectivity index (χ4n) is 1.74. The monoisotopic (exact) mass is 375 g/mol. The quantitative estimate of drug-likeness (QED) is 0.609. The third-order valence-electron chi connectivity index (χ3n) is 2.79. The summed E-state index contributed by atoms with van der Waals surface area (Å²) in [7, 11) is -1.05. The number of nitrogens with zero attached hydrogens (tertiary/aromatic N) is 2. The number of aliphatic imine (C=N–C) groups is 1. The minimum atomic E-state index is -2.99. The van der Waals surface area contributed by atoms with Gasteiger partial charge in [-0.3, -0.25) is 4.99 Å². The minimum absolute atomic E-state index is 0.0603. The lowest BCUT2D eigenvalue weighted by atomic mass is 10.2. The van der Waals surface area contributed by atoms with Crippen molar-refractivity contribution in [2.45, 2.75) is 13.5 Å². The Morgan fingerprint density at radius 2 is 2.05 bits per heavy atom. The van der Waals surface area contributed by atoms with Gasteiger partial charge < -0.3 is 10.2 Å². The molecule has 0 aromatic heterocycles. The van der Waals surface area contributed by atoms with E-state index in [0.717, 1.165) is 16.6 Å². The highest BCUT2D eigenvalue weighted by Gasteiger charge is 2.09. The lowest BCUT2D eigenvalue weighted by Crippen LogP contribution is -2.38. The largest absolute Gasteiger partial charge is 0.357 e. The molecule has 0 aliphatic carbocycles. The highest BCUT2D eigenvalue weighted by atomic mass is 79.9. The van der Waals surface area contributed by atoms with Crippen LogP contribution in [0.2, 0.25) is 0 Å². The van der Waals surface area contributed by atoms with Crippen molar-refractivity contribution in [1.82, 2.24) is 10.2 Å². The fourth-order valence-corrected chi connectivity index (χ4v) is 2.58. The average molecular weight is 376 g/mol. The number of nitrogens with one attached hydrogen (secondary N) is 1. The Bertz CT molecular complexity index is 588. The van der Waals surface area contributed by atoms with E-state index in [-0.39, 0.29) is 12.3 Å². The SMILES string of the molecule is CCNC(=NCCS(C)(=O)=O)N(C)Cc1ccccc1Br. The van der Waals surface area contributed by atoms with Crippen molar-refractivity contribution in [2.24, 2.45) is 4.99 Å². The van der Waals surface area contributed by atoms with E-state index in [9.17, 15) is 8.42 Å². The summed E-state index contributed by atoms with van der Waals surface area (Å²) in [6.45, 7) is 3.67. The molecule has 118 valence electrons. The summed E-state index contributed by atoms with van der Waals surface area (Å²) in [5.41, 5.74) is 1.15. The molecule has 21 heavy (non-hydrogen) atoms. The van der Waals surface area contributed by atoms with Crippen LogP contribution in [-0.4, -0.2) is 51.4 Å². The average Bonchev–Trinajstić information content (AvgIpc) is 2.39. The molecule has 1 aromatic carbocycles. The van der Waals surface area contributed by atoms with Crippen LogP contribution in [-0.2, 0) is 16.4 Å². The normalized spacial score (nSPS) is 12.3. The first-order valence-electron chi connectivity index (χ1n) is 6.74. The van der Waals surface area contributed by atoms with Gasteiger partial charge >= 0.3 is 0 Å². The van der Waals surface area contributed by atoms with Crippen molar-refractivity contribution < 1.29 is 8.42 Å². The van der Waals surface area contributed by atoms with Gasteiger partial charge in [0.2, 0.25) is 0 Å². The van der Waals surface area contributed by atoms with E-state index in [1.54, 1.807) is 0 Å². The molecule has 0 unspecified atom stereocenters. The Kier molecular flexibility index (Phi) is 7.17. The molecule has 1 rings (SSSR count). The molecule has 0 radical (unpaired) electrons. The molecule has 0 spiro atoms. The molecule has 0 saturated carbocycles. The Morgan fingerprint density at radius 1 is 1.38 bits per heavy atom.